The van der Waals surface area contributed by atoms with Crippen molar-refractivity contribution in [2.45, 2.75) is 61.9 Å². The molecule has 0 unspecified atom stereocenters. The third-order valence-corrected chi connectivity index (χ3v) is 6.11. The zero-order valence-electron chi connectivity index (χ0n) is 23.6. The fourth-order valence-electron chi connectivity index (χ4n) is 3.47. The molecule has 0 saturated heterocycles. The van der Waals surface area contributed by atoms with Gasteiger partial charge in [0.25, 0.3) is 0 Å². The summed E-state index contributed by atoms with van der Waals surface area (Å²) in [6.07, 6.45) is 17.5. The van der Waals surface area contributed by atoms with E-state index in [1.165, 1.54) is 11.1 Å². The van der Waals surface area contributed by atoms with E-state index in [-0.39, 0.29) is 23.6 Å². The minimum atomic E-state index is 0. The van der Waals surface area contributed by atoms with Crippen molar-refractivity contribution >= 4 is 5.91 Å². The van der Waals surface area contributed by atoms with Gasteiger partial charge in [0.2, 0.25) is 5.91 Å². The maximum atomic E-state index is 12.6. The lowest BCUT2D eigenvalue weighted by Gasteiger charge is -2.21. The molecule has 0 aliphatic carbocycles. The van der Waals surface area contributed by atoms with Gasteiger partial charge in [-0.05, 0) is 42.5 Å². The molecule has 2 N–H and O–H groups in total. The number of allylic oxidation sites excluding steroid dienone is 8. The summed E-state index contributed by atoms with van der Waals surface area (Å²) in [5, 5.41) is 6.63. The summed E-state index contributed by atoms with van der Waals surface area (Å²) in [4.78, 5) is 15.0. The van der Waals surface area contributed by atoms with Crippen LogP contribution in [0.25, 0.3) is 0 Å². The van der Waals surface area contributed by atoms with Crippen LogP contribution in [0.5, 0.6) is 0 Å². The predicted molar refractivity (Wildman–Crippen MR) is 179 cm³/mol. The lowest BCUT2D eigenvalue weighted by Crippen LogP contribution is -2.33. The zero-order chi connectivity index (χ0) is 27.3. The first-order valence-electron chi connectivity index (χ1n) is 13.6. The van der Waals surface area contributed by atoms with Crippen LogP contribution < -0.4 is 10.6 Å². The third-order valence-electron chi connectivity index (χ3n) is 6.11. The molecule has 4 heteroatoms. The molecule has 0 spiro atoms. The van der Waals surface area contributed by atoms with Crippen LogP contribution in [0.4, 0.5) is 0 Å². The molecule has 0 aliphatic rings. The summed E-state index contributed by atoms with van der Waals surface area (Å²) in [6, 6.07) is 10.4. The van der Waals surface area contributed by atoms with Crippen LogP contribution in [0.15, 0.2) is 103 Å². The van der Waals surface area contributed by atoms with E-state index in [4.69, 9.17) is 0 Å². The van der Waals surface area contributed by atoms with Gasteiger partial charge < -0.3 is 10.6 Å². The monoisotopic (exact) mass is 539 g/mol. The number of nitrogens with one attached hydrogen (secondary N) is 2. The van der Waals surface area contributed by atoms with Crippen molar-refractivity contribution < 1.29 is 7.65 Å². The summed E-state index contributed by atoms with van der Waals surface area (Å²) in [5.41, 5.74) is 3.61. The van der Waals surface area contributed by atoms with Crippen molar-refractivity contribution in [3.8, 4) is 0 Å². The average molecular weight is 540 g/mol. The molecule has 0 atom stereocenters. The molecule has 0 bridgehead atoms. The van der Waals surface area contributed by atoms with Crippen LogP contribution in [0, 0.1) is 11.8 Å². The number of hydrogen-bond donors (Lipinski definition) is 2. The number of benzene rings is 1. The summed E-state index contributed by atoms with van der Waals surface area (Å²) in [6.45, 7) is 21.2. The van der Waals surface area contributed by atoms with Crippen LogP contribution in [0.2, 0.25) is 0 Å². The van der Waals surface area contributed by atoms with Crippen molar-refractivity contribution in [2.75, 3.05) is 32.7 Å². The fraction of sp³-hybridized carbons (Fsp3) is 0.457. The summed E-state index contributed by atoms with van der Waals surface area (Å²) >= 11 is 0. The van der Waals surface area contributed by atoms with E-state index in [1.807, 2.05) is 30.4 Å². The van der Waals surface area contributed by atoms with Gasteiger partial charge >= 0.3 is 0 Å². The minimum Gasteiger partial charge on any atom is -0.352 e. The van der Waals surface area contributed by atoms with Crippen molar-refractivity contribution in [1.82, 2.24) is 15.5 Å². The summed E-state index contributed by atoms with van der Waals surface area (Å²) < 4.78 is 0. The van der Waals surface area contributed by atoms with E-state index in [0.29, 0.717) is 24.8 Å². The molecule has 1 amide bonds. The quantitative estimate of drug-likeness (QED) is 0.137. The Morgan fingerprint density at radius 3 is 2.36 bits per heavy atom. The van der Waals surface area contributed by atoms with Gasteiger partial charge in [-0.3, -0.25) is 9.69 Å². The van der Waals surface area contributed by atoms with Gasteiger partial charge in [0.15, 0.2) is 0 Å². The molecule has 4 nitrogen and oxygen atoms in total. The molecule has 0 heterocycles. The maximum absolute atomic E-state index is 12.6. The maximum Gasteiger partial charge on any atom is 0.221 e. The Kier molecular flexibility index (Phi) is 23.6. The predicted octanol–water partition coefficient (Wildman–Crippen LogP) is 8.39. The Labute approximate surface area is 244 Å². The van der Waals surface area contributed by atoms with E-state index in [9.17, 15) is 4.79 Å². The standard InChI is InChI=1S/C33H49N3O.2CH4.2H2/c1-7-8-9-10-14-23-36(24-16-22-34-26-31-18-12-11-13-19-31)25-21-33(37)35-27-32(29(4)5)20-15-17-30(6)28(2)3;;;;/h7-15,17-20,28-29,34H,1,6,16,21-27H2,2-5H3,(H,35,37);2*1H4;2*1H/b9-8-,14-10-,17-15-,32-20+;;;;. The van der Waals surface area contributed by atoms with Gasteiger partial charge in [-0.25, -0.2) is 0 Å². The van der Waals surface area contributed by atoms with Crippen molar-refractivity contribution in [1.29, 1.82) is 0 Å². The van der Waals surface area contributed by atoms with E-state index >= 15 is 0 Å². The number of carbonyl (C=O) groups excluding carboxylic acids is 1. The van der Waals surface area contributed by atoms with Crippen molar-refractivity contribution in [2.24, 2.45) is 11.8 Å². The fourth-order valence-corrected chi connectivity index (χ4v) is 3.47. The van der Waals surface area contributed by atoms with Gasteiger partial charge in [-0.15, -0.1) is 0 Å². The molecule has 1 aromatic rings. The summed E-state index contributed by atoms with van der Waals surface area (Å²) in [5.74, 6) is 0.887. The molecule has 1 aromatic carbocycles. The third kappa shape index (κ3) is 19.7. The molecule has 0 radical (unpaired) electrons. The van der Waals surface area contributed by atoms with Crippen LogP contribution >= 0.6 is 0 Å². The molecular formula is C35H61N3O. The molecular weight excluding hydrogens is 478 g/mol. The second-order valence-corrected chi connectivity index (χ2v) is 9.88. The lowest BCUT2D eigenvalue weighted by molar-refractivity contribution is -0.121. The first-order valence-corrected chi connectivity index (χ1v) is 13.6. The number of amides is 1. The number of rotatable bonds is 19. The second-order valence-electron chi connectivity index (χ2n) is 9.88. The molecule has 0 fully saturated rings. The zero-order valence-corrected chi connectivity index (χ0v) is 23.6. The van der Waals surface area contributed by atoms with Crippen LogP contribution in [0.1, 0.15) is 63.8 Å². The van der Waals surface area contributed by atoms with Crippen molar-refractivity contribution in [3.63, 3.8) is 0 Å². The van der Waals surface area contributed by atoms with Crippen molar-refractivity contribution in [3.05, 3.63) is 109 Å². The van der Waals surface area contributed by atoms with Gasteiger partial charge in [0.05, 0.1) is 0 Å². The smallest absolute Gasteiger partial charge is 0.221 e. The Morgan fingerprint density at radius 1 is 1.00 bits per heavy atom. The van der Waals surface area contributed by atoms with Crippen LogP contribution in [0.3, 0.4) is 0 Å². The van der Waals surface area contributed by atoms with Gasteiger partial charge in [-0.2, -0.15) is 0 Å². The van der Waals surface area contributed by atoms with Gasteiger partial charge in [0.1, 0.15) is 0 Å². The first kappa shape index (κ1) is 38.2. The molecule has 0 aromatic heterocycles. The highest BCUT2D eigenvalue weighted by Crippen LogP contribution is 2.11. The summed E-state index contributed by atoms with van der Waals surface area (Å²) in [7, 11) is 0. The Hall–Kier alpha value is -2.95. The van der Waals surface area contributed by atoms with Crippen LogP contribution in [-0.2, 0) is 11.3 Å². The number of carbonyl (C=O) groups is 1. The Morgan fingerprint density at radius 2 is 1.72 bits per heavy atom. The SMILES string of the molecule is C.C.C=C/C=C\C=C/CN(CCCNCc1ccccc1)CCC(=O)NC/C(=C\C=C/C(=C)C(C)C)C(C)C.[HH].[HH]. The molecule has 0 saturated carbocycles. The first-order chi connectivity index (χ1) is 17.8. The lowest BCUT2D eigenvalue weighted by atomic mass is 10.0. The number of hydrogen-bond acceptors (Lipinski definition) is 3. The normalized spacial score (nSPS) is 11.9. The topological polar surface area (TPSA) is 44.4 Å². The second kappa shape index (κ2) is 24.1. The highest BCUT2D eigenvalue weighted by atomic mass is 16.1. The van der Waals surface area contributed by atoms with E-state index in [1.54, 1.807) is 6.08 Å². The average Bonchev–Trinajstić information content (AvgIpc) is 2.88. The molecule has 222 valence electrons. The van der Waals surface area contributed by atoms with E-state index in [2.05, 4.69) is 98.9 Å². The number of nitrogens with zero attached hydrogens (tertiary/aromatic N) is 1. The Balaban J connectivity index is -0.00000171. The van der Waals surface area contributed by atoms with E-state index in [0.717, 1.165) is 44.7 Å². The van der Waals surface area contributed by atoms with E-state index < -0.39 is 0 Å². The molecule has 39 heavy (non-hydrogen) atoms. The molecule has 0 aliphatic heterocycles. The molecule has 1 rings (SSSR count). The highest BCUT2D eigenvalue weighted by Gasteiger charge is 2.09. The van der Waals surface area contributed by atoms with Gasteiger partial charge in [-0.1, -0.05) is 140 Å². The Bertz CT molecular complexity index is 919. The largest absolute Gasteiger partial charge is 0.352 e. The minimum absolute atomic E-state index is 0. The highest BCUT2D eigenvalue weighted by molar-refractivity contribution is 5.76. The van der Waals surface area contributed by atoms with Gasteiger partial charge in [0, 0.05) is 35.5 Å². The van der Waals surface area contributed by atoms with Crippen LogP contribution in [-0.4, -0.2) is 43.5 Å².